The number of alkyl halides is 1. The summed E-state index contributed by atoms with van der Waals surface area (Å²) in [5, 5.41) is 7.64. The zero-order valence-corrected chi connectivity index (χ0v) is 9.66. The van der Waals surface area contributed by atoms with Crippen molar-refractivity contribution in [3.8, 4) is 0 Å². The molecule has 1 aromatic rings. The Balaban J connectivity index is 2.19. The molecule has 0 aliphatic rings. The first-order chi connectivity index (χ1) is 6.34. The summed E-state index contributed by atoms with van der Waals surface area (Å²) in [4.78, 5) is 11.4. The van der Waals surface area contributed by atoms with Gasteiger partial charge in [0.15, 0.2) is 0 Å². The Morgan fingerprint density at radius 1 is 1.54 bits per heavy atom. The number of carbonyl (C=O) groups is 1. The molecule has 0 saturated heterocycles. The summed E-state index contributed by atoms with van der Waals surface area (Å²) in [7, 11) is 0. The van der Waals surface area contributed by atoms with E-state index in [4.69, 9.17) is 0 Å². The van der Waals surface area contributed by atoms with Crippen LogP contribution in [0.2, 0.25) is 0 Å². The number of halogens is 1. The van der Waals surface area contributed by atoms with E-state index in [1.165, 1.54) is 0 Å². The molecule has 2 nitrogen and oxygen atoms in total. The van der Waals surface area contributed by atoms with Gasteiger partial charge in [0.25, 0.3) is 5.91 Å². The molecule has 0 fully saturated rings. The highest BCUT2D eigenvalue weighted by molar-refractivity contribution is 9.09. The SMILES string of the molecule is O=C(NCCCCBr)c1ccsc1. The minimum absolute atomic E-state index is 0.0378. The van der Waals surface area contributed by atoms with Crippen LogP contribution in [-0.2, 0) is 0 Å². The summed E-state index contributed by atoms with van der Waals surface area (Å²) in [6.45, 7) is 0.764. The van der Waals surface area contributed by atoms with E-state index in [2.05, 4.69) is 21.2 Å². The van der Waals surface area contributed by atoms with Crippen LogP contribution in [0.15, 0.2) is 16.8 Å². The number of unbranched alkanes of at least 4 members (excludes halogenated alkanes) is 1. The van der Waals surface area contributed by atoms with Gasteiger partial charge in [-0.3, -0.25) is 4.79 Å². The second kappa shape index (κ2) is 6.16. The quantitative estimate of drug-likeness (QED) is 0.641. The van der Waals surface area contributed by atoms with Crippen molar-refractivity contribution >= 4 is 33.2 Å². The van der Waals surface area contributed by atoms with Crippen molar-refractivity contribution in [1.29, 1.82) is 0 Å². The first-order valence-electron chi connectivity index (χ1n) is 4.21. The summed E-state index contributed by atoms with van der Waals surface area (Å²) in [6, 6.07) is 1.84. The molecular weight excluding hydrogens is 250 g/mol. The maximum Gasteiger partial charge on any atom is 0.252 e. The van der Waals surface area contributed by atoms with E-state index >= 15 is 0 Å². The maximum absolute atomic E-state index is 11.4. The van der Waals surface area contributed by atoms with Crippen LogP contribution in [0.3, 0.4) is 0 Å². The van der Waals surface area contributed by atoms with Crippen LogP contribution in [0.4, 0.5) is 0 Å². The first-order valence-corrected chi connectivity index (χ1v) is 6.27. The van der Waals surface area contributed by atoms with Crippen molar-refractivity contribution in [1.82, 2.24) is 5.32 Å². The van der Waals surface area contributed by atoms with Crippen LogP contribution in [0, 0.1) is 0 Å². The average Bonchev–Trinajstić information content (AvgIpc) is 2.65. The van der Waals surface area contributed by atoms with Crippen molar-refractivity contribution in [3.05, 3.63) is 22.4 Å². The topological polar surface area (TPSA) is 29.1 Å². The fourth-order valence-electron chi connectivity index (χ4n) is 0.917. The van der Waals surface area contributed by atoms with Gasteiger partial charge in [0.2, 0.25) is 0 Å². The summed E-state index contributed by atoms with van der Waals surface area (Å²) >= 11 is 4.89. The maximum atomic E-state index is 11.4. The molecule has 72 valence electrons. The van der Waals surface area contributed by atoms with Crippen molar-refractivity contribution < 1.29 is 4.79 Å². The van der Waals surface area contributed by atoms with E-state index in [9.17, 15) is 4.79 Å². The van der Waals surface area contributed by atoms with Crippen LogP contribution >= 0.6 is 27.3 Å². The molecule has 13 heavy (non-hydrogen) atoms. The predicted octanol–water partition coefficient (Wildman–Crippen LogP) is 2.65. The largest absolute Gasteiger partial charge is 0.352 e. The molecule has 1 N–H and O–H groups in total. The molecule has 4 heteroatoms. The third-order valence-corrected chi connectivity index (χ3v) is 2.87. The van der Waals surface area contributed by atoms with Crippen LogP contribution in [0.1, 0.15) is 23.2 Å². The monoisotopic (exact) mass is 261 g/mol. The minimum atomic E-state index is 0.0378. The molecule has 0 aromatic carbocycles. The van der Waals surface area contributed by atoms with Crippen LogP contribution in [0.25, 0.3) is 0 Å². The fraction of sp³-hybridized carbons (Fsp3) is 0.444. The molecule has 0 saturated carbocycles. The summed E-state index contributed by atoms with van der Waals surface area (Å²) in [5.74, 6) is 0.0378. The number of hydrogen-bond donors (Lipinski definition) is 1. The lowest BCUT2D eigenvalue weighted by molar-refractivity contribution is 0.0953. The van der Waals surface area contributed by atoms with Crippen LogP contribution in [0.5, 0.6) is 0 Å². The van der Waals surface area contributed by atoms with Crippen molar-refractivity contribution in [2.24, 2.45) is 0 Å². The molecule has 0 unspecified atom stereocenters. The number of amides is 1. The Hall–Kier alpha value is -0.350. The van der Waals surface area contributed by atoms with E-state index in [1.54, 1.807) is 11.3 Å². The molecule has 0 radical (unpaired) electrons. The minimum Gasteiger partial charge on any atom is -0.352 e. The van der Waals surface area contributed by atoms with Gasteiger partial charge in [-0.05, 0) is 24.3 Å². The molecule has 0 spiro atoms. The molecule has 1 amide bonds. The Morgan fingerprint density at radius 3 is 3.00 bits per heavy atom. The van der Waals surface area contributed by atoms with Crippen molar-refractivity contribution in [3.63, 3.8) is 0 Å². The van der Waals surface area contributed by atoms with Crippen molar-refractivity contribution in [2.45, 2.75) is 12.8 Å². The second-order valence-corrected chi connectivity index (χ2v) is 4.24. The molecule has 0 atom stereocenters. The fourth-order valence-corrected chi connectivity index (χ4v) is 1.95. The molecule has 0 aliphatic carbocycles. The molecule has 1 rings (SSSR count). The zero-order valence-electron chi connectivity index (χ0n) is 7.25. The van der Waals surface area contributed by atoms with E-state index in [0.29, 0.717) is 0 Å². The Labute approximate surface area is 90.5 Å². The van der Waals surface area contributed by atoms with Gasteiger partial charge < -0.3 is 5.32 Å². The van der Waals surface area contributed by atoms with E-state index in [1.807, 2.05) is 16.8 Å². The number of hydrogen-bond acceptors (Lipinski definition) is 2. The highest BCUT2D eigenvalue weighted by atomic mass is 79.9. The Kier molecular flexibility index (Phi) is 5.08. The standard InChI is InChI=1S/C9H12BrNOS/c10-4-1-2-5-11-9(12)8-3-6-13-7-8/h3,6-7H,1-2,4-5H2,(H,11,12). The normalized spacial score (nSPS) is 9.92. The lowest BCUT2D eigenvalue weighted by atomic mass is 10.3. The highest BCUT2D eigenvalue weighted by Gasteiger charge is 2.03. The highest BCUT2D eigenvalue weighted by Crippen LogP contribution is 2.05. The number of thiophene rings is 1. The number of nitrogens with one attached hydrogen (secondary N) is 1. The van der Waals surface area contributed by atoms with Crippen molar-refractivity contribution in [2.75, 3.05) is 11.9 Å². The number of carbonyl (C=O) groups excluding carboxylic acids is 1. The Bertz CT molecular complexity index is 248. The molecule has 1 heterocycles. The van der Waals surface area contributed by atoms with Gasteiger partial charge in [-0.2, -0.15) is 11.3 Å². The summed E-state index contributed by atoms with van der Waals surface area (Å²) < 4.78 is 0. The third-order valence-electron chi connectivity index (χ3n) is 1.63. The van der Waals surface area contributed by atoms with Gasteiger partial charge in [0, 0.05) is 22.8 Å². The van der Waals surface area contributed by atoms with Crippen LogP contribution in [-0.4, -0.2) is 17.8 Å². The molecule has 0 aliphatic heterocycles. The van der Waals surface area contributed by atoms with Gasteiger partial charge in [-0.1, -0.05) is 15.9 Å². The van der Waals surface area contributed by atoms with E-state index in [-0.39, 0.29) is 5.91 Å². The smallest absolute Gasteiger partial charge is 0.252 e. The third kappa shape index (κ3) is 3.91. The first kappa shape index (κ1) is 10.7. The average molecular weight is 262 g/mol. The van der Waals surface area contributed by atoms with E-state index < -0.39 is 0 Å². The summed E-state index contributed by atoms with van der Waals surface area (Å²) in [6.07, 6.45) is 2.13. The molecular formula is C9H12BrNOS. The Morgan fingerprint density at radius 2 is 2.38 bits per heavy atom. The van der Waals surface area contributed by atoms with Gasteiger partial charge in [-0.15, -0.1) is 0 Å². The zero-order chi connectivity index (χ0) is 9.52. The van der Waals surface area contributed by atoms with Gasteiger partial charge >= 0.3 is 0 Å². The summed E-state index contributed by atoms with van der Waals surface area (Å²) in [5.41, 5.74) is 0.767. The van der Waals surface area contributed by atoms with Gasteiger partial charge in [-0.25, -0.2) is 0 Å². The van der Waals surface area contributed by atoms with Gasteiger partial charge in [0.1, 0.15) is 0 Å². The van der Waals surface area contributed by atoms with E-state index in [0.717, 1.165) is 30.3 Å². The van der Waals surface area contributed by atoms with Gasteiger partial charge in [0.05, 0.1) is 0 Å². The molecule has 0 bridgehead atoms. The molecule has 1 aromatic heterocycles. The number of rotatable bonds is 5. The predicted molar refractivity (Wildman–Crippen MR) is 59.7 cm³/mol. The second-order valence-electron chi connectivity index (χ2n) is 2.66. The van der Waals surface area contributed by atoms with Crippen LogP contribution < -0.4 is 5.32 Å². The lowest BCUT2D eigenvalue weighted by Crippen LogP contribution is -2.23. The lowest BCUT2D eigenvalue weighted by Gasteiger charge is -2.01.